The van der Waals surface area contributed by atoms with Crippen molar-refractivity contribution in [3.8, 4) is 0 Å². The van der Waals surface area contributed by atoms with Crippen molar-refractivity contribution in [1.82, 2.24) is 20.2 Å². The van der Waals surface area contributed by atoms with Gasteiger partial charge in [-0.1, -0.05) is 40.0 Å². The van der Waals surface area contributed by atoms with Crippen LogP contribution in [0.4, 0.5) is 0 Å². The lowest BCUT2D eigenvalue weighted by molar-refractivity contribution is 0.318. The fourth-order valence-corrected chi connectivity index (χ4v) is 2.21. The molecule has 0 aromatic carbocycles. The maximum absolute atomic E-state index is 4.28. The number of rotatable bonds is 9. The number of hydrogen-bond donors (Lipinski definition) is 2. The molecule has 0 radical (unpaired) electrons. The summed E-state index contributed by atoms with van der Waals surface area (Å²) in [5.41, 5.74) is 0.303. The molecule has 0 aliphatic heterocycles. The highest BCUT2D eigenvalue weighted by molar-refractivity contribution is 14.0. The van der Waals surface area contributed by atoms with Crippen LogP contribution >= 0.6 is 24.0 Å². The largest absolute Gasteiger partial charge is 0.356 e. The van der Waals surface area contributed by atoms with Crippen molar-refractivity contribution in [2.24, 2.45) is 10.4 Å². The summed E-state index contributed by atoms with van der Waals surface area (Å²) >= 11 is 0. The highest BCUT2D eigenvalue weighted by Gasteiger charge is 2.17. The third kappa shape index (κ3) is 9.27. The zero-order valence-corrected chi connectivity index (χ0v) is 16.8. The first-order chi connectivity index (χ1) is 10.1. The van der Waals surface area contributed by atoms with Crippen LogP contribution in [0, 0.1) is 5.41 Å². The summed E-state index contributed by atoms with van der Waals surface area (Å²) in [6, 6.07) is 0. The van der Waals surface area contributed by atoms with Gasteiger partial charge in [-0.2, -0.15) is 0 Å². The molecule has 2 N–H and O–H groups in total. The number of aliphatic imine (C=N–C) groups is 1. The molecule has 0 atom stereocenters. The van der Waals surface area contributed by atoms with Gasteiger partial charge in [0.15, 0.2) is 5.96 Å². The second-order valence-corrected chi connectivity index (χ2v) is 6.27. The van der Waals surface area contributed by atoms with Crippen molar-refractivity contribution >= 4 is 29.9 Å². The van der Waals surface area contributed by atoms with Gasteiger partial charge in [0, 0.05) is 39.1 Å². The minimum Gasteiger partial charge on any atom is -0.356 e. The van der Waals surface area contributed by atoms with Gasteiger partial charge in [-0.15, -0.1) is 24.0 Å². The standard InChI is InChI=1S/C16H31N5.HI/c1-5-6-7-8-16(2,3)13-20-15(17-4)19-10-12-21-11-9-18-14-21;/h9,11,14H,5-8,10,12-13H2,1-4H3,(H2,17,19,20);1H. The van der Waals surface area contributed by atoms with E-state index in [2.05, 4.69) is 45.9 Å². The van der Waals surface area contributed by atoms with Gasteiger partial charge in [0.1, 0.15) is 0 Å². The molecular weight excluding hydrogens is 389 g/mol. The normalized spacial score (nSPS) is 11.9. The topological polar surface area (TPSA) is 54.2 Å². The van der Waals surface area contributed by atoms with Crippen molar-refractivity contribution in [1.29, 1.82) is 0 Å². The van der Waals surface area contributed by atoms with Gasteiger partial charge in [0.05, 0.1) is 6.33 Å². The number of unbranched alkanes of at least 4 members (excludes halogenated alkanes) is 2. The van der Waals surface area contributed by atoms with Crippen molar-refractivity contribution in [2.45, 2.75) is 53.0 Å². The van der Waals surface area contributed by atoms with Gasteiger partial charge < -0.3 is 15.2 Å². The van der Waals surface area contributed by atoms with E-state index in [1.54, 1.807) is 6.20 Å². The van der Waals surface area contributed by atoms with E-state index in [1.165, 1.54) is 25.7 Å². The highest BCUT2D eigenvalue weighted by atomic mass is 127. The van der Waals surface area contributed by atoms with Crippen molar-refractivity contribution in [3.63, 3.8) is 0 Å². The molecule has 0 saturated carbocycles. The zero-order chi connectivity index (χ0) is 15.6. The highest BCUT2D eigenvalue weighted by Crippen LogP contribution is 2.22. The summed E-state index contributed by atoms with van der Waals surface area (Å²) in [5.74, 6) is 0.874. The quantitative estimate of drug-likeness (QED) is 0.279. The second kappa shape index (κ2) is 11.7. The molecule has 0 amide bonds. The van der Waals surface area contributed by atoms with Crippen LogP contribution in [0.25, 0.3) is 0 Å². The summed E-state index contributed by atoms with van der Waals surface area (Å²) in [6.45, 7) is 9.55. The Bertz CT molecular complexity index is 401. The zero-order valence-electron chi connectivity index (χ0n) is 14.4. The lowest BCUT2D eigenvalue weighted by atomic mass is 9.87. The number of nitrogens with one attached hydrogen (secondary N) is 2. The van der Waals surface area contributed by atoms with E-state index in [9.17, 15) is 0 Å². The SMILES string of the molecule is CCCCCC(C)(C)CNC(=NC)NCCn1ccnc1.I. The average molecular weight is 421 g/mol. The molecule has 128 valence electrons. The first kappa shape index (κ1) is 21.2. The smallest absolute Gasteiger partial charge is 0.191 e. The first-order valence-electron chi connectivity index (χ1n) is 7.97. The van der Waals surface area contributed by atoms with Crippen LogP contribution in [0.15, 0.2) is 23.7 Å². The Labute approximate surface area is 152 Å². The summed E-state index contributed by atoms with van der Waals surface area (Å²) in [5, 5.41) is 6.77. The van der Waals surface area contributed by atoms with Crippen LogP contribution in [-0.4, -0.2) is 35.6 Å². The van der Waals surface area contributed by atoms with E-state index in [0.717, 1.165) is 25.6 Å². The van der Waals surface area contributed by atoms with Crippen LogP contribution in [0.3, 0.4) is 0 Å². The van der Waals surface area contributed by atoms with E-state index >= 15 is 0 Å². The molecule has 0 saturated heterocycles. The summed E-state index contributed by atoms with van der Waals surface area (Å²) in [7, 11) is 1.82. The van der Waals surface area contributed by atoms with Crippen LogP contribution in [0.1, 0.15) is 46.5 Å². The van der Waals surface area contributed by atoms with E-state index < -0.39 is 0 Å². The Balaban J connectivity index is 0.00000441. The third-order valence-electron chi connectivity index (χ3n) is 3.64. The molecule has 0 spiro atoms. The molecular formula is C16H32IN5. The van der Waals surface area contributed by atoms with Crippen molar-refractivity contribution < 1.29 is 0 Å². The van der Waals surface area contributed by atoms with Gasteiger partial charge in [-0.3, -0.25) is 4.99 Å². The molecule has 6 heteroatoms. The van der Waals surface area contributed by atoms with E-state index in [0.29, 0.717) is 5.41 Å². The fourth-order valence-electron chi connectivity index (χ4n) is 2.21. The Morgan fingerprint density at radius 2 is 2.05 bits per heavy atom. The lowest BCUT2D eigenvalue weighted by Gasteiger charge is -2.26. The van der Waals surface area contributed by atoms with Crippen LogP contribution in [0.2, 0.25) is 0 Å². The Kier molecular flexibility index (Phi) is 11.3. The average Bonchev–Trinajstić information content (AvgIpc) is 2.96. The number of hydrogen-bond acceptors (Lipinski definition) is 2. The molecule has 0 aliphatic rings. The fraction of sp³-hybridized carbons (Fsp3) is 0.750. The Hall–Kier alpha value is -0.790. The summed E-state index contributed by atoms with van der Waals surface area (Å²) in [6.07, 6.45) is 10.7. The molecule has 22 heavy (non-hydrogen) atoms. The van der Waals surface area contributed by atoms with Crippen molar-refractivity contribution in [3.05, 3.63) is 18.7 Å². The van der Waals surface area contributed by atoms with Crippen molar-refractivity contribution in [2.75, 3.05) is 20.1 Å². The van der Waals surface area contributed by atoms with Gasteiger partial charge in [-0.05, 0) is 11.8 Å². The maximum atomic E-state index is 4.28. The van der Waals surface area contributed by atoms with Gasteiger partial charge in [0.2, 0.25) is 0 Å². The van der Waals surface area contributed by atoms with E-state index in [4.69, 9.17) is 0 Å². The molecule has 5 nitrogen and oxygen atoms in total. The van der Waals surface area contributed by atoms with Crippen LogP contribution in [0.5, 0.6) is 0 Å². The number of guanidine groups is 1. The molecule has 1 heterocycles. The number of aromatic nitrogens is 2. The number of halogens is 1. The predicted molar refractivity (Wildman–Crippen MR) is 105 cm³/mol. The molecule has 1 rings (SSSR count). The Morgan fingerprint density at radius 1 is 1.27 bits per heavy atom. The summed E-state index contributed by atoms with van der Waals surface area (Å²) < 4.78 is 2.05. The Morgan fingerprint density at radius 3 is 2.64 bits per heavy atom. The van der Waals surface area contributed by atoms with Gasteiger partial charge in [0.25, 0.3) is 0 Å². The molecule has 0 unspecified atom stereocenters. The molecule has 0 bridgehead atoms. The maximum Gasteiger partial charge on any atom is 0.191 e. The molecule has 1 aromatic rings. The summed E-state index contributed by atoms with van der Waals surface area (Å²) in [4.78, 5) is 8.31. The van der Waals surface area contributed by atoms with Gasteiger partial charge in [-0.25, -0.2) is 4.98 Å². The number of imidazole rings is 1. The second-order valence-electron chi connectivity index (χ2n) is 6.27. The molecule has 0 aliphatic carbocycles. The molecule has 1 aromatic heterocycles. The van der Waals surface area contributed by atoms with Gasteiger partial charge >= 0.3 is 0 Å². The van der Waals surface area contributed by atoms with Crippen LogP contribution in [-0.2, 0) is 6.54 Å². The minimum absolute atomic E-state index is 0. The third-order valence-corrected chi connectivity index (χ3v) is 3.64. The first-order valence-corrected chi connectivity index (χ1v) is 7.97. The van der Waals surface area contributed by atoms with E-state index in [-0.39, 0.29) is 24.0 Å². The van der Waals surface area contributed by atoms with E-state index in [1.807, 2.05) is 19.6 Å². The predicted octanol–water partition coefficient (Wildman–Crippen LogP) is 3.27. The molecule has 0 fully saturated rings. The lowest BCUT2D eigenvalue weighted by Crippen LogP contribution is -2.43. The van der Waals surface area contributed by atoms with Crippen LogP contribution < -0.4 is 10.6 Å². The monoisotopic (exact) mass is 421 g/mol. The number of nitrogens with zero attached hydrogens (tertiary/aromatic N) is 3. The minimum atomic E-state index is 0.